The van der Waals surface area contributed by atoms with Crippen molar-refractivity contribution in [2.45, 2.75) is 19.1 Å². The molecule has 5 nitrogen and oxygen atoms in total. The van der Waals surface area contributed by atoms with E-state index in [0.29, 0.717) is 23.4 Å². The van der Waals surface area contributed by atoms with Crippen LogP contribution < -0.4 is 5.32 Å². The minimum atomic E-state index is -1.45. The number of rotatable bonds is 2. The molecule has 2 aromatic rings. The number of aliphatic hydroxyl groups is 1. The highest BCUT2D eigenvalue weighted by Crippen LogP contribution is 2.35. The zero-order chi connectivity index (χ0) is 15.6. The van der Waals surface area contributed by atoms with Crippen LogP contribution in [0.2, 0.25) is 0 Å². The quantitative estimate of drug-likeness (QED) is 0.894. The van der Waals surface area contributed by atoms with E-state index in [1.165, 1.54) is 0 Å². The SMILES string of the molecule is CC1=NN(C(=O)Nc2ccccc2)[C@](O)(c2ccccc2)C1. The van der Waals surface area contributed by atoms with Crippen molar-refractivity contribution < 1.29 is 9.90 Å². The third kappa shape index (κ3) is 2.58. The van der Waals surface area contributed by atoms with Crippen molar-refractivity contribution in [3.8, 4) is 0 Å². The van der Waals surface area contributed by atoms with Crippen LogP contribution in [0.5, 0.6) is 0 Å². The maximum atomic E-state index is 12.5. The molecule has 5 heteroatoms. The molecule has 1 aliphatic heterocycles. The average Bonchev–Trinajstić information content (AvgIpc) is 2.85. The number of urea groups is 1. The minimum absolute atomic E-state index is 0.291. The molecule has 1 heterocycles. The van der Waals surface area contributed by atoms with E-state index in [4.69, 9.17) is 0 Å². The number of amides is 2. The largest absolute Gasteiger partial charge is 0.365 e. The smallest absolute Gasteiger partial charge is 0.345 e. The Morgan fingerprint density at radius 1 is 1.14 bits per heavy atom. The Balaban J connectivity index is 1.88. The minimum Gasteiger partial charge on any atom is -0.365 e. The first kappa shape index (κ1) is 14.3. The van der Waals surface area contributed by atoms with Gasteiger partial charge in [0.1, 0.15) is 0 Å². The summed E-state index contributed by atoms with van der Waals surface area (Å²) in [5, 5.41) is 19.1. The highest BCUT2D eigenvalue weighted by Gasteiger charge is 2.44. The summed E-state index contributed by atoms with van der Waals surface area (Å²) in [5.41, 5.74) is 0.542. The van der Waals surface area contributed by atoms with Crippen LogP contribution in [0, 0.1) is 0 Å². The molecule has 2 aromatic carbocycles. The second-order valence-corrected chi connectivity index (χ2v) is 5.30. The Morgan fingerprint density at radius 2 is 1.73 bits per heavy atom. The van der Waals surface area contributed by atoms with Crippen molar-refractivity contribution >= 4 is 17.4 Å². The fourth-order valence-corrected chi connectivity index (χ4v) is 2.56. The second kappa shape index (κ2) is 5.61. The van der Waals surface area contributed by atoms with E-state index in [2.05, 4.69) is 10.4 Å². The van der Waals surface area contributed by atoms with Crippen molar-refractivity contribution in [1.82, 2.24) is 5.01 Å². The third-order valence-corrected chi connectivity index (χ3v) is 3.58. The van der Waals surface area contributed by atoms with E-state index < -0.39 is 11.8 Å². The molecule has 112 valence electrons. The van der Waals surface area contributed by atoms with Crippen LogP contribution in [-0.4, -0.2) is 21.9 Å². The lowest BCUT2D eigenvalue weighted by Crippen LogP contribution is -2.45. The molecule has 0 radical (unpaired) electrons. The zero-order valence-electron chi connectivity index (χ0n) is 12.2. The first-order valence-corrected chi connectivity index (χ1v) is 7.08. The number of nitrogens with one attached hydrogen (secondary N) is 1. The van der Waals surface area contributed by atoms with Crippen molar-refractivity contribution in [3.05, 3.63) is 66.2 Å². The van der Waals surface area contributed by atoms with Gasteiger partial charge in [-0.25, -0.2) is 4.79 Å². The average molecular weight is 295 g/mol. The number of para-hydroxylation sites is 1. The van der Waals surface area contributed by atoms with Crippen LogP contribution in [0.3, 0.4) is 0 Å². The summed E-state index contributed by atoms with van der Waals surface area (Å²) < 4.78 is 0. The molecular formula is C17H17N3O2. The Morgan fingerprint density at radius 3 is 2.36 bits per heavy atom. The highest BCUT2D eigenvalue weighted by molar-refractivity contribution is 5.94. The molecule has 1 atom stereocenters. The molecule has 0 saturated heterocycles. The predicted octanol–water partition coefficient (Wildman–Crippen LogP) is 3.15. The van der Waals surface area contributed by atoms with E-state index in [0.717, 1.165) is 5.01 Å². The van der Waals surface area contributed by atoms with Gasteiger partial charge in [0, 0.05) is 23.4 Å². The first-order chi connectivity index (χ1) is 10.6. The van der Waals surface area contributed by atoms with Gasteiger partial charge in [0.05, 0.1) is 0 Å². The summed E-state index contributed by atoms with van der Waals surface area (Å²) in [6.45, 7) is 1.80. The molecule has 22 heavy (non-hydrogen) atoms. The Labute approximate surface area is 128 Å². The second-order valence-electron chi connectivity index (χ2n) is 5.30. The zero-order valence-corrected chi connectivity index (χ0v) is 12.2. The summed E-state index contributed by atoms with van der Waals surface area (Å²) in [6, 6.07) is 17.7. The van der Waals surface area contributed by atoms with E-state index >= 15 is 0 Å². The lowest BCUT2D eigenvalue weighted by atomic mass is 9.98. The summed E-state index contributed by atoms with van der Waals surface area (Å²) in [7, 11) is 0. The molecule has 0 unspecified atom stereocenters. The van der Waals surface area contributed by atoms with Crippen LogP contribution in [0.15, 0.2) is 65.8 Å². The van der Waals surface area contributed by atoms with Gasteiger partial charge >= 0.3 is 6.03 Å². The Hall–Kier alpha value is -2.66. The number of carbonyl (C=O) groups excluding carboxylic acids is 1. The number of nitrogens with zero attached hydrogens (tertiary/aromatic N) is 2. The van der Waals surface area contributed by atoms with Gasteiger partial charge in [-0.15, -0.1) is 0 Å². The van der Waals surface area contributed by atoms with Gasteiger partial charge in [-0.1, -0.05) is 48.5 Å². The number of hydrogen-bond donors (Lipinski definition) is 2. The van der Waals surface area contributed by atoms with E-state index in [1.54, 1.807) is 31.2 Å². The molecule has 0 spiro atoms. The molecule has 3 rings (SSSR count). The van der Waals surface area contributed by atoms with Crippen molar-refractivity contribution in [1.29, 1.82) is 0 Å². The molecule has 0 aliphatic carbocycles. The van der Waals surface area contributed by atoms with Gasteiger partial charge in [-0.2, -0.15) is 10.1 Å². The Kier molecular flexibility index (Phi) is 3.65. The van der Waals surface area contributed by atoms with Crippen molar-refractivity contribution in [2.24, 2.45) is 5.10 Å². The molecule has 0 bridgehead atoms. The van der Waals surface area contributed by atoms with E-state index in [9.17, 15) is 9.90 Å². The van der Waals surface area contributed by atoms with Crippen LogP contribution in [0.4, 0.5) is 10.5 Å². The lowest BCUT2D eigenvalue weighted by molar-refractivity contribution is -0.0671. The monoisotopic (exact) mass is 295 g/mol. The number of hydrogen-bond acceptors (Lipinski definition) is 3. The predicted molar refractivity (Wildman–Crippen MR) is 85.4 cm³/mol. The topological polar surface area (TPSA) is 64.9 Å². The standard InChI is InChI=1S/C17H17N3O2/c1-13-12-17(22,14-8-4-2-5-9-14)20(19-13)16(21)18-15-10-6-3-7-11-15/h2-11,22H,12H2,1H3,(H,18,21)/t17-/m1/s1. The summed E-state index contributed by atoms with van der Waals surface area (Å²) >= 11 is 0. The molecule has 0 fully saturated rings. The molecule has 2 N–H and O–H groups in total. The van der Waals surface area contributed by atoms with Crippen LogP contribution in [0.1, 0.15) is 18.9 Å². The van der Waals surface area contributed by atoms with Crippen LogP contribution in [-0.2, 0) is 5.72 Å². The van der Waals surface area contributed by atoms with E-state index in [1.807, 2.05) is 36.4 Å². The van der Waals surface area contributed by atoms with Gasteiger partial charge in [0.2, 0.25) is 0 Å². The van der Waals surface area contributed by atoms with E-state index in [-0.39, 0.29) is 0 Å². The van der Waals surface area contributed by atoms with Crippen LogP contribution >= 0.6 is 0 Å². The molecule has 0 saturated carbocycles. The fraction of sp³-hybridized carbons (Fsp3) is 0.176. The highest BCUT2D eigenvalue weighted by atomic mass is 16.3. The third-order valence-electron chi connectivity index (χ3n) is 3.58. The van der Waals surface area contributed by atoms with Gasteiger partial charge in [0.15, 0.2) is 5.72 Å². The maximum absolute atomic E-state index is 12.5. The number of benzene rings is 2. The number of anilines is 1. The fourth-order valence-electron chi connectivity index (χ4n) is 2.56. The Bertz CT molecular complexity index is 700. The first-order valence-electron chi connectivity index (χ1n) is 7.08. The molecule has 2 amide bonds. The van der Waals surface area contributed by atoms with Gasteiger partial charge in [0.25, 0.3) is 0 Å². The van der Waals surface area contributed by atoms with Crippen molar-refractivity contribution in [2.75, 3.05) is 5.32 Å². The number of carbonyl (C=O) groups is 1. The van der Waals surface area contributed by atoms with Gasteiger partial charge < -0.3 is 10.4 Å². The molecular weight excluding hydrogens is 278 g/mol. The lowest BCUT2D eigenvalue weighted by Gasteiger charge is -2.31. The molecule has 0 aromatic heterocycles. The number of hydrazone groups is 1. The molecule has 1 aliphatic rings. The summed E-state index contributed by atoms with van der Waals surface area (Å²) in [5.74, 6) is 0. The normalized spacial score (nSPS) is 20.6. The maximum Gasteiger partial charge on any atom is 0.345 e. The summed E-state index contributed by atoms with van der Waals surface area (Å²) in [4.78, 5) is 12.5. The van der Waals surface area contributed by atoms with Crippen molar-refractivity contribution in [3.63, 3.8) is 0 Å². The van der Waals surface area contributed by atoms with Crippen LogP contribution in [0.25, 0.3) is 0 Å². The summed E-state index contributed by atoms with van der Waals surface area (Å²) in [6.07, 6.45) is 0.291. The van der Waals surface area contributed by atoms with Gasteiger partial charge in [-0.3, -0.25) is 0 Å². The van der Waals surface area contributed by atoms with Gasteiger partial charge in [-0.05, 0) is 19.1 Å².